The molecule has 0 heterocycles. The van der Waals surface area contributed by atoms with Crippen LogP contribution in [0.5, 0.6) is 0 Å². The van der Waals surface area contributed by atoms with Crippen LogP contribution in [-0.2, 0) is 9.59 Å². The Kier molecular flexibility index (Phi) is 2.86. The van der Waals surface area contributed by atoms with E-state index in [1.54, 1.807) is 0 Å². The summed E-state index contributed by atoms with van der Waals surface area (Å²) in [5.74, 6) is -0.935. The van der Waals surface area contributed by atoms with Gasteiger partial charge in [0.1, 0.15) is 0 Å². The molecular weight excluding hydrogens is 134 g/mol. The van der Waals surface area contributed by atoms with Crippen LogP contribution in [0, 0.1) is 5.41 Å². The van der Waals surface area contributed by atoms with Gasteiger partial charge in [-0.1, -0.05) is 0 Å². The number of rotatable bonds is 4. The van der Waals surface area contributed by atoms with Crippen molar-refractivity contribution in [2.24, 2.45) is 5.41 Å². The minimum absolute atomic E-state index is 0.103. The van der Waals surface area contributed by atoms with Crippen LogP contribution < -0.4 is 5.32 Å². The molecule has 0 aromatic rings. The average molecular weight is 144 g/mol. The van der Waals surface area contributed by atoms with Crippen molar-refractivity contribution in [3.05, 3.63) is 0 Å². The molecule has 10 heavy (non-hydrogen) atoms. The molecule has 4 heteroatoms. The van der Waals surface area contributed by atoms with Gasteiger partial charge in [0, 0.05) is 6.54 Å². The summed E-state index contributed by atoms with van der Waals surface area (Å²) >= 11 is 0. The Labute approximate surface area is 59.2 Å². The summed E-state index contributed by atoms with van der Waals surface area (Å²) in [6.07, 6.45) is 1.42. The number of aliphatic carboxylic acids is 1. The molecule has 0 saturated carbocycles. The molecule has 0 atom stereocenters. The highest BCUT2D eigenvalue weighted by Crippen LogP contribution is 2.12. The molecule has 57 valence electrons. The summed E-state index contributed by atoms with van der Waals surface area (Å²) in [6, 6.07) is 0. The van der Waals surface area contributed by atoms with Crippen LogP contribution in [0.4, 0.5) is 0 Å². The molecule has 0 rings (SSSR count). The van der Waals surface area contributed by atoms with Crippen LogP contribution in [-0.4, -0.2) is 24.0 Å². The summed E-state index contributed by atoms with van der Waals surface area (Å²) in [5.41, 5.74) is -0.905. The Bertz CT molecular complexity index is 142. The monoisotopic (exact) mass is 144 g/mol. The molecule has 1 amide bonds. The number of nitrogens with one attached hydrogen (secondary N) is 1. The third-order valence-corrected chi connectivity index (χ3v) is 1.18. The van der Waals surface area contributed by atoms with Gasteiger partial charge in [-0.3, -0.25) is 9.59 Å². The van der Waals surface area contributed by atoms with E-state index in [0.717, 1.165) is 0 Å². The van der Waals surface area contributed by atoms with Gasteiger partial charge in [-0.25, -0.2) is 0 Å². The lowest BCUT2D eigenvalue weighted by atomic mass is 9.94. The van der Waals surface area contributed by atoms with E-state index >= 15 is 0 Å². The maximum absolute atomic E-state index is 10.4. The van der Waals surface area contributed by atoms with E-state index in [0.29, 0.717) is 0 Å². The van der Waals surface area contributed by atoms with E-state index in [9.17, 15) is 9.59 Å². The number of carboxylic acids is 1. The maximum atomic E-state index is 10.4. The highest BCUT2D eigenvalue weighted by Gasteiger charge is 2.26. The number of carbonyl (C=O) groups is 1. The lowest BCUT2D eigenvalue weighted by molar-refractivity contribution is -0.146. The second-order valence-corrected chi connectivity index (χ2v) is 2.64. The van der Waals surface area contributed by atoms with Crippen LogP contribution in [0.1, 0.15) is 13.8 Å². The molecule has 2 N–H and O–H groups in total. The van der Waals surface area contributed by atoms with Gasteiger partial charge >= 0.3 is 12.4 Å². The lowest BCUT2D eigenvalue weighted by Gasteiger charge is -2.16. The standard InChI is InChI=1S/C6H10NO3/c1-6(2,5(9)10)3-7-4-8/h3H2,1-2H3,(H,7,8)(H,9,10). The minimum Gasteiger partial charge on any atom is -0.481 e. The first kappa shape index (κ1) is 8.94. The second kappa shape index (κ2) is 3.20. The van der Waals surface area contributed by atoms with Crippen molar-refractivity contribution in [3.63, 3.8) is 0 Å². The Balaban J connectivity index is 3.86. The quantitative estimate of drug-likeness (QED) is 0.535. The van der Waals surface area contributed by atoms with Crippen molar-refractivity contribution in [2.75, 3.05) is 6.54 Å². The minimum atomic E-state index is -0.935. The maximum Gasteiger partial charge on any atom is 0.310 e. The van der Waals surface area contributed by atoms with E-state index in [2.05, 4.69) is 5.32 Å². The zero-order valence-electron chi connectivity index (χ0n) is 5.97. The predicted molar refractivity (Wildman–Crippen MR) is 35.1 cm³/mol. The Morgan fingerprint density at radius 3 is 2.50 bits per heavy atom. The molecule has 4 nitrogen and oxygen atoms in total. The van der Waals surface area contributed by atoms with Gasteiger partial charge in [0.2, 0.25) is 0 Å². The fourth-order valence-electron chi connectivity index (χ4n) is 0.333. The van der Waals surface area contributed by atoms with Crippen molar-refractivity contribution < 1.29 is 14.7 Å². The van der Waals surface area contributed by atoms with Crippen molar-refractivity contribution >= 4 is 12.4 Å². The van der Waals surface area contributed by atoms with Gasteiger partial charge in [0.25, 0.3) is 0 Å². The molecule has 0 bridgehead atoms. The number of hydrogen-bond donors (Lipinski definition) is 2. The molecule has 0 spiro atoms. The fraction of sp³-hybridized carbons (Fsp3) is 0.667. The van der Waals surface area contributed by atoms with Gasteiger partial charge < -0.3 is 10.4 Å². The summed E-state index contributed by atoms with van der Waals surface area (Å²) in [6.45, 7) is 3.16. The van der Waals surface area contributed by atoms with Crippen molar-refractivity contribution in [1.82, 2.24) is 5.32 Å². The largest absolute Gasteiger partial charge is 0.481 e. The van der Waals surface area contributed by atoms with E-state index in [4.69, 9.17) is 5.11 Å². The number of carboxylic acid groups (broad SMARTS) is 1. The van der Waals surface area contributed by atoms with Gasteiger partial charge in [-0.2, -0.15) is 0 Å². The molecule has 0 aromatic heterocycles. The van der Waals surface area contributed by atoms with Gasteiger partial charge in [-0.15, -0.1) is 0 Å². The van der Waals surface area contributed by atoms with Crippen LogP contribution in [0.15, 0.2) is 0 Å². The van der Waals surface area contributed by atoms with Gasteiger partial charge in [0.05, 0.1) is 5.41 Å². The summed E-state index contributed by atoms with van der Waals surface area (Å²) < 4.78 is 0. The smallest absolute Gasteiger partial charge is 0.310 e. The molecule has 0 fully saturated rings. The molecule has 0 unspecified atom stereocenters. The Morgan fingerprint density at radius 2 is 2.20 bits per heavy atom. The highest BCUT2D eigenvalue weighted by molar-refractivity contribution is 5.74. The molecule has 0 aliphatic rings. The molecule has 0 aromatic carbocycles. The molecule has 0 aliphatic heterocycles. The Hall–Kier alpha value is -1.06. The summed E-state index contributed by atoms with van der Waals surface area (Å²) in [4.78, 5) is 20.0. The predicted octanol–water partition coefficient (Wildman–Crippen LogP) is -0.246. The van der Waals surface area contributed by atoms with Crippen LogP contribution in [0.2, 0.25) is 0 Å². The van der Waals surface area contributed by atoms with Crippen LogP contribution in [0.25, 0.3) is 0 Å². The second-order valence-electron chi connectivity index (χ2n) is 2.64. The average Bonchev–Trinajstić information content (AvgIpc) is 1.84. The van der Waals surface area contributed by atoms with E-state index in [1.807, 2.05) is 0 Å². The summed E-state index contributed by atoms with van der Waals surface area (Å²) in [7, 11) is 0. The highest BCUT2D eigenvalue weighted by atomic mass is 16.4. The van der Waals surface area contributed by atoms with Crippen molar-refractivity contribution in [1.29, 1.82) is 0 Å². The Morgan fingerprint density at radius 1 is 1.70 bits per heavy atom. The lowest BCUT2D eigenvalue weighted by Crippen LogP contribution is -2.35. The zero-order valence-corrected chi connectivity index (χ0v) is 5.97. The van der Waals surface area contributed by atoms with Crippen LogP contribution >= 0.6 is 0 Å². The third-order valence-electron chi connectivity index (χ3n) is 1.18. The van der Waals surface area contributed by atoms with E-state index < -0.39 is 11.4 Å². The normalized spacial score (nSPS) is 10.6. The molecule has 1 radical (unpaired) electrons. The number of hydrogen-bond acceptors (Lipinski definition) is 2. The van der Waals surface area contributed by atoms with Gasteiger partial charge in [-0.05, 0) is 13.8 Å². The number of amides is 1. The zero-order chi connectivity index (χ0) is 8.20. The molecule has 0 saturated heterocycles. The van der Waals surface area contributed by atoms with Crippen molar-refractivity contribution in [2.45, 2.75) is 13.8 Å². The van der Waals surface area contributed by atoms with Crippen LogP contribution in [0.3, 0.4) is 0 Å². The fourth-order valence-corrected chi connectivity index (χ4v) is 0.333. The van der Waals surface area contributed by atoms with Crippen molar-refractivity contribution in [3.8, 4) is 0 Å². The topological polar surface area (TPSA) is 66.4 Å². The summed E-state index contributed by atoms with van der Waals surface area (Å²) in [5, 5.41) is 10.7. The molecular formula is C6H10NO3. The first-order valence-electron chi connectivity index (χ1n) is 2.84. The SMILES string of the molecule is CC(C)(CN[C]=O)C(=O)O. The molecule has 0 aliphatic carbocycles. The first-order valence-corrected chi connectivity index (χ1v) is 2.84. The van der Waals surface area contributed by atoms with E-state index in [-0.39, 0.29) is 6.54 Å². The first-order chi connectivity index (χ1) is 4.50. The van der Waals surface area contributed by atoms with E-state index in [1.165, 1.54) is 20.3 Å². The third kappa shape index (κ3) is 2.48. The number of carbonyl (C=O) groups excluding carboxylic acids is 1. The van der Waals surface area contributed by atoms with Gasteiger partial charge in [0.15, 0.2) is 0 Å².